The van der Waals surface area contributed by atoms with Gasteiger partial charge in [0.05, 0.1) is 23.5 Å². The Hall–Kier alpha value is -3.36. The number of aromatic nitrogens is 2. The molecule has 7 nitrogen and oxygen atoms in total. The Morgan fingerprint density at radius 2 is 2.06 bits per heavy atom. The highest BCUT2D eigenvalue weighted by Gasteiger charge is 2.15. The maximum absolute atomic E-state index is 12.7. The molecule has 31 heavy (non-hydrogen) atoms. The molecule has 2 heterocycles. The molecule has 0 aliphatic heterocycles. The van der Waals surface area contributed by atoms with Crippen molar-refractivity contribution in [1.82, 2.24) is 9.55 Å². The molecule has 2 aromatic carbocycles. The Morgan fingerprint density at radius 3 is 2.84 bits per heavy atom. The zero-order valence-electron chi connectivity index (χ0n) is 16.7. The summed E-state index contributed by atoms with van der Waals surface area (Å²) >= 11 is 7.29. The number of rotatable bonds is 6. The van der Waals surface area contributed by atoms with Gasteiger partial charge in [0.1, 0.15) is 18.1 Å². The van der Waals surface area contributed by atoms with Crippen LogP contribution in [0.2, 0.25) is 5.02 Å². The Kier molecular flexibility index (Phi) is 5.92. The fourth-order valence-corrected chi connectivity index (χ4v) is 4.08. The smallest absolute Gasteiger partial charge is 0.274 e. The first kappa shape index (κ1) is 20.9. The number of hydrogen-bond acceptors (Lipinski definition) is 6. The highest BCUT2D eigenvalue weighted by atomic mass is 35.5. The molecule has 4 rings (SSSR count). The maximum Gasteiger partial charge on any atom is 0.274 e. The van der Waals surface area contributed by atoms with Crippen molar-refractivity contribution in [2.75, 3.05) is 12.4 Å². The topological polar surface area (TPSA) is 82.4 Å². The summed E-state index contributed by atoms with van der Waals surface area (Å²) in [6.07, 6.45) is 1.49. The van der Waals surface area contributed by atoms with Crippen molar-refractivity contribution in [2.45, 2.75) is 6.61 Å². The van der Waals surface area contributed by atoms with Crippen LogP contribution in [0.25, 0.3) is 10.2 Å². The number of methoxy groups -OCH3 is 1. The number of nitrogens with zero attached hydrogens (tertiary/aromatic N) is 2. The van der Waals surface area contributed by atoms with E-state index >= 15 is 0 Å². The van der Waals surface area contributed by atoms with Gasteiger partial charge in [-0.2, -0.15) is 0 Å². The summed E-state index contributed by atoms with van der Waals surface area (Å²) in [6, 6.07) is 13.9. The summed E-state index contributed by atoms with van der Waals surface area (Å²) in [5, 5.41) is 3.77. The van der Waals surface area contributed by atoms with Crippen LogP contribution in [-0.4, -0.2) is 22.6 Å². The number of anilines is 1. The summed E-state index contributed by atoms with van der Waals surface area (Å²) in [5.74, 6) is 0.419. The number of halogens is 1. The van der Waals surface area contributed by atoms with Gasteiger partial charge >= 0.3 is 0 Å². The van der Waals surface area contributed by atoms with Gasteiger partial charge < -0.3 is 14.0 Å². The van der Waals surface area contributed by atoms with E-state index in [1.807, 2.05) is 24.3 Å². The minimum absolute atomic E-state index is 0.145. The van der Waals surface area contributed by atoms with Crippen molar-refractivity contribution in [1.29, 1.82) is 0 Å². The fraction of sp³-hybridized carbons (Fsp3) is 0.136. The van der Waals surface area contributed by atoms with E-state index in [0.717, 1.165) is 15.8 Å². The molecule has 0 spiro atoms. The number of nitrogens with one attached hydrogen (secondary N) is 1. The van der Waals surface area contributed by atoms with Gasteiger partial charge in [-0.05, 0) is 35.9 Å². The minimum Gasteiger partial charge on any atom is -0.497 e. The summed E-state index contributed by atoms with van der Waals surface area (Å²) in [7, 11) is 3.26. The Morgan fingerprint density at radius 1 is 1.23 bits per heavy atom. The van der Waals surface area contributed by atoms with E-state index < -0.39 is 5.91 Å². The van der Waals surface area contributed by atoms with Gasteiger partial charge in [-0.1, -0.05) is 35.1 Å². The van der Waals surface area contributed by atoms with Crippen LogP contribution in [-0.2, 0) is 13.7 Å². The van der Waals surface area contributed by atoms with E-state index in [0.29, 0.717) is 15.9 Å². The number of carbonyl (C=O) groups excluding carboxylic acids is 1. The lowest BCUT2D eigenvalue weighted by Gasteiger charge is -2.11. The molecular weight excluding hydrogens is 438 g/mol. The quantitative estimate of drug-likeness (QED) is 0.463. The largest absolute Gasteiger partial charge is 0.497 e. The first-order valence-corrected chi connectivity index (χ1v) is 10.5. The molecule has 0 saturated heterocycles. The fourth-order valence-electron chi connectivity index (χ4n) is 2.97. The average Bonchev–Trinajstić information content (AvgIpc) is 3.15. The first-order chi connectivity index (χ1) is 14.9. The van der Waals surface area contributed by atoms with E-state index in [2.05, 4.69) is 10.3 Å². The molecule has 0 radical (unpaired) electrons. The van der Waals surface area contributed by atoms with Gasteiger partial charge in [0.25, 0.3) is 5.91 Å². The van der Waals surface area contributed by atoms with Crippen LogP contribution >= 0.6 is 22.9 Å². The third-order valence-electron chi connectivity index (χ3n) is 4.53. The van der Waals surface area contributed by atoms with Crippen LogP contribution < -0.4 is 20.2 Å². The van der Waals surface area contributed by atoms with Crippen LogP contribution in [0.4, 0.5) is 5.13 Å². The number of fused-ring (bicyclic) bond motifs is 1. The van der Waals surface area contributed by atoms with Gasteiger partial charge in [-0.3, -0.25) is 14.9 Å². The molecule has 1 N–H and O–H groups in total. The van der Waals surface area contributed by atoms with Gasteiger partial charge in [0, 0.05) is 18.1 Å². The van der Waals surface area contributed by atoms with Gasteiger partial charge in [0.15, 0.2) is 10.9 Å². The number of thiazole rings is 1. The Balaban J connectivity index is 1.50. The highest BCUT2D eigenvalue weighted by molar-refractivity contribution is 7.22. The van der Waals surface area contributed by atoms with Crippen molar-refractivity contribution >= 4 is 44.2 Å². The molecule has 0 atom stereocenters. The number of ether oxygens (including phenoxy) is 2. The second kappa shape index (κ2) is 8.79. The summed E-state index contributed by atoms with van der Waals surface area (Å²) < 4.78 is 13.3. The molecule has 1 amide bonds. The molecule has 9 heteroatoms. The molecule has 0 aliphatic rings. The van der Waals surface area contributed by atoms with Crippen LogP contribution in [0.1, 0.15) is 16.1 Å². The van der Waals surface area contributed by atoms with Crippen molar-refractivity contribution in [3.63, 3.8) is 0 Å². The summed E-state index contributed by atoms with van der Waals surface area (Å²) in [6.45, 7) is 0.191. The lowest BCUT2D eigenvalue weighted by Crippen LogP contribution is -2.21. The Bertz CT molecular complexity index is 1330. The average molecular weight is 456 g/mol. The molecule has 158 valence electrons. The van der Waals surface area contributed by atoms with Gasteiger partial charge in [-0.15, -0.1) is 0 Å². The molecule has 0 aliphatic carbocycles. The number of aryl methyl sites for hydroxylation is 1. The summed E-state index contributed by atoms with van der Waals surface area (Å²) in [4.78, 5) is 29.6. The number of carbonyl (C=O) groups is 1. The zero-order valence-corrected chi connectivity index (χ0v) is 18.3. The second-order valence-electron chi connectivity index (χ2n) is 6.72. The predicted molar refractivity (Wildman–Crippen MR) is 122 cm³/mol. The van der Waals surface area contributed by atoms with Crippen molar-refractivity contribution in [2.24, 2.45) is 7.05 Å². The lowest BCUT2D eigenvalue weighted by atomic mass is 10.2. The standard InChI is InChI=1S/C22H18ClN3O4S/c1-26-11-19(30-12-13-4-3-5-14(23)8-13)18(27)10-17(26)21(28)25-22-24-16-7-6-15(29-2)9-20(16)31-22/h3-11H,12H2,1-2H3,(H,24,25,28). The van der Waals surface area contributed by atoms with Crippen molar-refractivity contribution in [3.8, 4) is 11.5 Å². The minimum atomic E-state index is -0.438. The van der Waals surface area contributed by atoms with Crippen molar-refractivity contribution < 1.29 is 14.3 Å². The normalized spacial score (nSPS) is 10.8. The van der Waals surface area contributed by atoms with Gasteiger partial charge in [-0.25, -0.2) is 4.98 Å². The van der Waals surface area contributed by atoms with E-state index in [1.54, 1.807) is 36.9 Å². The second-order valence-corrected chi connectivity index (χ2v) is 8.19. The predicted octanol–water partition coefficient (Wildman–Crippen LogP) is 4.49. The van der Waals surface area contributed by atoms with E-state index in [4.69, 9.17) is 21.1 Å². The SMILES string of the molecule is COc1ccc2nc(NC(=O)c3cc(=O)c(OCc4cccc(Cl)c4)cn3C)sc2c1. The van der Waals surface area contributed by atoms with E-state index in [-0.39, 0.29) is 23.5 Å². The first-order valence-electron chi connectivity index (χ1n) is 9.27. The van der Waals surface area contributed by atoms with Crippen LogP contribution in [0, 0.1) is 0 Å². The van der Waals surface area contributed by atoms with Crippen LogP contribution in [0.3, 0.4) is 0 Å². The molecular formula is C22H18ClN3O4S. The number of benzene rings is 2. The molecule has 4 aromatic rings. The molecule has 0 saturated carbocycles. The molecule has 0 fully saturated rings. The van der Waals surface area contributed by atoms with E-state index in [9.17, 15) is 9.59 Å². The lowest BCUT2D eigenvalue weighted by molar-refractivity contribution is 0.101. The number of hydrogen-bond donors (Lipinski definition) is 1. The number of amides is 1. The summed E-state index contributed by atoms with van der Waals surface area (Å²) in [5.41, 5.74) is 1.39. The molecule has 0 unspecified atom stereocenters. The van der Waals surface area contributed by atoms with E-state index in [1.165, 1.54) is 23.6 Å². The maximum atomic E-state index is 12.7. The van der Waals surface area contributed by atoms with Crippen molar-refractivity contribution in [3.05, 3.63) is 81.2 Å². The van der Waals surface area contributed by atoms with Crippen LogP contribution in [0.5, 0.6) is 11.5 Å². The third kappa shape index (κ3) is 4.70. The monoisotopic (exact) mass is 455 g/mol. The third-order valence-corrected chi connectivity index (χ3v) is 5.70. The molecule has 0 bridgehead atoms. The van der Waals surface area contributed by atoms with Crippen LogP contribution in [0.15, 0.2) is 59.5 Å². The highest BCUT2D eigenvalue weighted by Crippen LogP contribution is 2.29. The molecule has 2 aromatic heterocycles. The Labute approximate surface area is 186 Å². The van der Waals surface area contributed by atoms with Gasteiger partial charge in [0.2, 0.25) is 5.43 Å². The zero-order chi connectivity index (χ0) is 22.0. The number of pyridine rings is 1.